The summed E-state index contributed by atoms with van der Waals surface area (Å²) in [6.07, 6.45) is -4.07. The number of hydrogen-bond donors (Lipinski definition) is 2. The molecule has 0 fully saturated rings. The van der Waals surface area contributed by atoms with Crippen LogP contribution < -0.4 is 5.32 Å². The van der Waals surface area contributed by atoms with E-state index < -0.39 is 24.2 Å². The van der Waals surface area contributed by atoms with Crippen molar-refractivity contribution >= 4 is 5.97 Å². The van der Waals surface area contributed by atoms with E-state index in [0.29, 0.717) is 17.5 Å². The van der Waals surface area contributed by atoms with Crippen LogP contribution in [-0.4, -0.2) is 23.3 Å². The molecule has 0 bridgehead atoms. The zero-order valence-corrected chi connectivity index (χ0v) is 14.6. The molecule has 2 aromatic rings. The minimum atomic E-state index is -4.63. The molecular weight excluding hydrogens is 357 g/mol. The van der Waals surface area contributed by atoms with Crippen molar-refractivity contribution in [3.8, 4) is 17.2 Å². The van der Waals surface area contributed by atoms with Crippen molar-refractivity contribution in [2.45, 2.75) is 38.0 Å². The number of carboxylic acid groups (broad SMARTS) is 1. The van der Waals surface area contributed by atoms with Crippen LogP contribution in [0.15, 0.2) is 48.5 Å². The van der Waals surface area contributed by atoms with Gasteiger partial charge in [-0.3, -0.25) is 10.1 Å². The Hall–Kier alpha value is -2.85. The lowest BCUT2D eigenvalue weighted by Crippen LogP contribution is -2.44. The number of alkyl halides is 3. The molecular formula is C20H19F3N2O2. The third kappa shape index (κ3) is 5.31. The highest BCUT2D eigenvalue weighted by Gasteiger charge is 2.42. The third-order valence-corrected chi connectivity index (χ3v) is 4.16. The van der Waals surface area contributed by atoms with Crippen molar-refractivity contribution in [2.75, 3.05) is 0 Å². The van der Waals surface area contributed by atoms with Crippen LogP contribution in [0.1, 0.15) is 36.9 Å². The number of carboxylic acids is 1. The number of nitrogens with one attached hydrogen (secondary N) is 1. The summed E-state index contributed by atoms with van der Waals surface area (Å²) in [5.74, 6) is -1.31. The Labute approximate surface area is 155 Å². The predicted molar refractivity (Wildman–Crippen MR) is 94.9 cm³/mol. The van der Waals surface area contributed by atoms with Crippen LogP contribution in [0.25, 0.3) is 11.1 Å². The lowest BCUT2D eigenvalue weighted by atomic mass is 9.99. The lowest BCUT2D eigenvalue weighted by molar-refractivity contribution is -0.163. The summed E-state index contributed by atoms with van der Waals surface area (Å²) in [7, 11) is 0. The molecule has 0 aliphatic heterocycles. The van der Waals surface area contributed by atoms with Crippen molar-refractivity contribution in [3.63, 3.8) is 0 Å². The van der Waals surface area contributed by atoms with Crippen molar-refractivity contribution in [3.05, 3.63) is 59.7 Å². The molecule has 0 heterocycles. The summed E-state index contributed by atoms with van der Waals surface area (Å²) in [6, 6.07) is 11.1. The largest absolute Gasteiger partial charge is 0.480 e. The van der Waals surface area contributed by atoms with Gasteiger partial charge in [0.1, 0.15) is 12.1 Å². The van der Waals surface area contributed by atoms with Gasteiger partial charge in [-0.2, -0.15) is 18.4 Å². The Morgan fingerprint density at radius 2 is 1.63 bits per heavy atom. The van der Waals surface area contributed by atoms with E-state index in [1.54, 1.807) is 43.3 Å². The second kappa shape index (κ2) is 8.69. The number of halogens is 3. The fraction of sp³-hybridized carbons (Fsp3) is 0.300. The van der Waals surface area contributed by atoms with Crippen LogP contribution in [0, 0.1) is 11.3 Å². The molecule has 142 valence electrons. The first-order valence-corrected chi connectivity index (χ1v) is 8.42. The standard InChI is InChI=1S/C20H19F3N2O2/c1-2-3-17(19(26)27)25-18(20(21,22)23)16-10-8-15(9-11-16)14-6-4-13(12-24)5-7-14/h4-11,17-18,25H,2-3H2,1H3,(H,26,27)/t17-,18-/m0/s1. The van der Waals surface area contributed by atoms with E-state index in [2.05, 4.69) is 5.32 Å². The second-order valence-corrected chi connectivity index (χ2v) is 6.13. The fourth-order valence-electron chi connectivity index (χ4n) is 2.75. The van der Waals surface area contributed by atoms with E-state index in [0.717, 1.165) is 5.56 Å². The molecule has 2 aromatic carbocycles. The van der Waals surface area contributed by atoms with Gasteiger partial charge in [0.2, 0.25) is 0 Å². The predicted octanol–water partition coefficient (Wildman–Crippen LogP) is 4.67. The van der Waals surface area contributed by atoms with E-state index in [9.17, 15) is 18.0 Å². The highest BCUT2D eigenvalue weighted by Crippen LogP contribution is 2.34. The molecule has 0 aliphatic carbocycles. The Morgan fingerprint density at radius 3 is 2.04 bits per heavy atom. The molecule has 0 saturated carbocycles. The summed E-state index contributed by atoms with van der Waals surface area (Å²) in [6.45, 7) is 1.71. The molecule has 2 rings (SSSR count). The molecule has 0 spiro atoms. The van der Waals surface area contributed by atoms with Crippen molar-refractivity contribution < 1.29 is 23.1 Å². The Balaban J connectivity index is 2.28. The molecule has 2 N–H and O–H groups in total. The molecule has 0 amide bonds. The van der Waals surface area contributed by atoms with Crippen LogP contribution in [0.4, 0.5) is 13.2 Å². The second-order valence-electron chi connectivity index (χ2n) is 6.13. The Morgan fingerprint density at radius 1 is 1.11 bits per heavy atom. The van der Waals surface area contributed by atoms with Crippen molar-refractivity contribution in [1.82, 2.24) is 5.32 Å². The maximum atomic E-state index is 13.5. The molecule has 0 aromatic heterocycles. The maximum absolute atomic E-state index is 13.5. The first-order valence-electron chi connectivity index (χ1n) is 8.42. The van der Waals surface area contributed by atoms with Gasteiger partial charge in [-0.05, 0) is 35.2 Å². The van der Waals surface area contributed by atoms with E-state index in [4.69, 9.17) is 10.4 Å². The molecule has 7 heteroatoms. The average Bonchev–Trinajstić information content (AvgIpc) is 2.64. The number of hydrogen-bond acceptors (Lipinski definition) is 3. The smallest absolute Gasteiger partial charge is 0.407 e. The van der Waals surface area contributed by atoms with E-state index >= 15 is 0 Å². The number of carbonyl (C=O) groups is 1. The zero-order chi connectivity index (χ0) is 20.0. The lowest BCUT2D eigenvalue weighted by Gasteiger charge is -2.26. The summed E-state index contributed by atoms with van der Waals surface area (Å²) >= 11 is 0. The quantitative estimate of drug-likeness (QED) is 0.736. The number of nitriles is 1. The van der Waals surface area contributed by atoms with E-state index in [1.165, 1.54) is 12.1 Å². The summed E-state index contributed by atoms with van der Waals surface area (Å²) < 4.78 is 40.5. The van der Waals surface area contributed by atoms with Gasteiger partial charge in [0, 0.05) is 0 Å². The van der Waals surface area contributed by atoms with Crippen LogP contribution in [-0.2, 0) is 4.79 Å². The van der Waals surface area contributed by atoms with Gasteiger partial charge in [-0.25, -0.2) is 0 Å². The number of aliphatic carboxylic acids is 1. The van der Waals surface area contributed by atoms with Gasteiger partial charge in [-0.15, -0.1) is 0 Å². The molecule has 0 aliphatic rings. The van der Waals surface area contributed by atoms with Crippen molar-refractivity contribution in [2.24, 2.45) is 0 Å². The average molecular weight is 376 g/mol. The topological polar surface area (TPSA) is 73.1 Å². The van der Waals surface area contributed by atoms with E-state index in [-0.39, 0.29) is 12.0 Å². The molecule has 0 radical (unpaired) electrons. The Bertz CT molecular complexity index is 809. The molecule has 2 atom stereocenters. The van der Waals surface area contributed by atoms with Gasteiger partial charge in [0.15, 0.2) is 0 Å². The molecule has 0 saturated heterocycles. The Kier molecular flexibility index (Phi) is 6.59. The minimum absolute atomic E-state index is 0.0535. The minimum Gasteiger partial charge on any atom is -0.480 e. The van der Waals surface area contributed by atoms with Gasteiger partial charge < -0.3 is 5.11 Å². The van der Waals surface area contributed by atoms with Gasteiger partial charge in [-0.1, -0.05) is 49.7 Å². The maximum Gasteiger partial charge on any atom is 0.407 e. The van der Waals surface area contributed by atoms with Crippen molar-refractivity contribution in [1.29, 1.82) is 5.26 Å². The number of rotatable bonds is 7. The summed E-state index contributed by atoms with van der Waals surface area (Å²) in [4.78, 5) is 11.2. The van der Waals surface area contributed by atoms with Gasteiger partial charge >= 0.3 is 12.1 Å². The zero-order valence-electron chi connectivity index (χ0n) is 14.6. The fourth-order valence-corrected chi connectivity index (χ4v) is 2.75. The van der Waals surface area contributed by atoms with Gasteiger partial charge in [0.05, 0.1) is 11.6 Å². The van der Waals surface area contributed by atoms with E-state index in [1.807, 2.05) is 6.07 Å². The highest BCUT2D eigenvalue weighted by atomic mass is 19.4. The number of benzene rings is 2. The first-order chi connectivity index (χ1) is 12.8. The van der Waals surface area contributed by atoms with Crippen LogP contribution in [0.2, 0.25) is 0 Å². The van der Waals surface area contributed by atoms with Gasteiger partial charge in [0.25, 0.3) is 0 Å². The van der Waals surface area contributed by atoms with Crippen LogP contribution in [0.5, 0.6) is 0 Å². The SMILES string of the molecule is CCC[C@H](N[C@@H](c1ccc(-c2ccc(C#N)cc2)cc1)C(F)(F)F)C(=O)O. The van der Waals surface area contributed by atoms with Crippen LogP contribution in [0.3, 0.4) is 0 Å². The number of nitrogens with zero attached hydrogens (tertiary/aromatic N) is 1. The molecule has 0 unspecified atom stereocenters. The van der Waals surface area contributed by atoms with Crippen LogP contribution >= 0.6 is 0 Å². The molecule has 27 heavy (non-hydrogen) atoms. The summed E-state index contributed by atoms with van der Waals surface area (Å²) in [5, 5.41) is 20.2. The summed E-state index contributed by atoms with van der Waals surface area (Å²) in [5.41, 5.74) is 1.91. The third-order valence-electron chi connectivity index (χ3n) is 4.16. The molecule has 4 nitrogen and oxygen atoms in total. The highest BCUT2D eigenvalue weighted by molar-refractivity contribution is 5.73. The normalized spacial score (nSPS) is 13.6. The first kappa shape index (κ1) is 20.5. The monoisotopic (exact) mass is 376 g/mol.